The number of hydrogen-bond donors (Lipinski definition) is 0. The van der Waals surface area contributed by atoms with Crippen molar-refractivity contribution in [2.24, 2.45) is 0 Å². The lowest BCUT2D eigenvalue weighted by Crippen LogP contribution is -1.89. The van der Waals surface area contributed by atoms with Crippen LogP contribution in [-0.4, -0.2) is 0 Å². The lowest BCUT2D eigenvalue weighted by atomic mass is 10.0. The minimum Gasteiger partial charge on any atom is -0.103 e. The number of hydrogen-bond acceptors (Lipinski definition) is 0. The fourth-order valence-corrected chi connectivity index (χ4v) is 2.42. The topological polar surface area (TPSA) is 0 Å². The van der Waals surface area contributed by atoms with Crippen LogP contribution in [0.3, 0.4) is 0 Å². The lowest BCUT2D eigenvalue weighted by Gasteiger charge is -2.04. The average Bonchev–Trinajstić information content (AvgIpc) is 2.45. The summed E-state index contributed by atoms with van der Waals surface area (Å²) in [4.78, 5) is 0. The number of benzene rings is 1. The van der Waals surface area contributed by atoms with Gasteiger partial charge < -0.3 is 0 Å². The third-order valence-electron chi connectivity index (χ3n) is 3.72. The zero-order chi connectivity index (χ0) is 13.8. The van der Waals surface area contributed by atoms with Crippen LogP contribution in [0.4, 0.5) is 0 Å². The second-order valence-corrected chi connectivity index (χ2v) is 5.52. The van der Waals surface area contributed by atoms with E-state index in [1.807, 2.05) is 6.08 Å². The van der Waals surface area contributed by atoms with E-state index in [1.54, 1.807) is 0 Å². The highest BCUT2D eigenvalue weighted by Crippen LogP contribution is 2.12. The first-order chi connectivity index (χ1) is 9.36. The van der Waals surface area contributed by atoms with Gasteiger partial charge in [0.2, 0.25) is 0 Å². The predicted molar refractivity (Wildman–Crippen MR) is 86.7 cm³/mol. The summed E-state index contributed by atoms with van der Waals surface area (Å²) in [5.41, 5.74) is 3.00. The summed E-state index contributed by atoms with van der Waals surface area (Å²) in [6.07, 6.45) is 15.0. The van der Waals surface area contributed by atoms with E-state index in [0.29, 0.717) is 0 Å². The Morgan fingerprint density at radius 2 is 1.32 bits per heavy atom. The third-order valence-corrected chi connectivity index (χ3v) is 3.72. The number of allylic oxidation sites excluding steroid dienone is 1. The Bertz CT molecular complexity index is 320. The molecule has 0 heterocycles. The Morgan fingerprint density at radius 3 is 1.79 bits per heavy atom. The van der Waals surface area contributed by atoms with E-state index < -0.39 is 0 Å². The van der Waals surface area contributed by atoms with Crippen LogP contribution in [0.2, 0.25) is 0 Å². The van der Waals surface area contributed by atoms with Gasteiger partial charge in [0, 0.05) is 0 Å². The molecular weight excluding hydrogens is 228 g/mol. The molecule has 0 spiro atoms. The van der Waals surface area contributed by atoms with Crippen molar-refractivity contribution in [3.05, 3.63) is 48.0 Å². The third kappa shape index (κ3) is 7.87. The summed E-state index contributed by atoms with van der Waals surface area (Å²) in [7, 11) is 0. The second kappa shape index (κ2) is 10.8. The average molecular weight is 258 g/mol. The Morgan fingerprint density at radius 1 is 0.789 bits per heavy atom. The highest BCUT2D eigenvalue weighted by Gasteiger charge is 1.96. The molecule has 0 amide bonds. The molecular formula is C19H30. The fraction of sp³-hybridized carbons (Fsp3) is 0.579. The molecule has 0 saturated heterocycles. The molecule has 0 saturated carbocycles. The molecule has 1 aromatic carbocycles. The van der Waals surface area contributed by atoms with E-state index in [0.717, 1.165) is 6.42 Å². The Hall–Kier alpha value is -1.04. The van der Waals surface area contributed by atoms with Gasteiger partial charge in [0.15, 0.2) is 0 Å². The summed E-state index contributed by atoms with van der Waals surface area (Å²) in [5, 5.41) is 0. The molecule has 1 rings (SSSR count). The largest absolute Gasteiger partial charge is 0.103 e. The highest BCUT2D eigenvalue weighted by atomic mass is 14.0. The first-order valence-corrected chi connectivity index (χ1v) is 8.05. The summed E-state index contributed by atoms with van der Waals surface area (Å²) < 4.78 is 0. The molecule has 0 radical (unpaired) electrons. The maximum atomic E-state index is 3.76. The Balaban J connectivity index is 2.17. The van der Waals surface area contributed by atoms with Crippen LogP contribution >= 0.6 is 0 Å². The second-order valence-electron chi connectivity index (χ2n) is 5.52. The van der Waals surface area contributed by atoms with Crippen molar-refractivity contribution in [2.45, 2.75) is 71.1 Å². The van der Waals surface area contributed by atoms with Crippen molar-refractivity contribution in [1.29, 1.82) is 0 Å². The van der Waals surface area contributed by atoms with E-state index in [2.05, 4.69) is 37.8 Å². The van der Waals surface area contributed by atoms with Crippen molar-refractivity contribution in [3.63, 3.8) is 0 Å². The monoisotopic (exact) mass is 258 g/mol. The van der Waals surface area contributed by atoms with Crippen LogP contribution in [-0.2, 0) is 12.8 Å². The molecule has 0 bridgehead atoms. The highest BCUT2D eigenvalue weighted by molar-refractivity contribution is 5.22. The van der Waals surface area contributed by atoms with Crippen LogP contribution in [0, 0.1) is 0 Å². The summed E-state index contributed by atoms with van der Waals surface area (Å²) >= 11 is 0. The van der Waals surface area contributed by atoms with E-state index in [-0.39, 0.29) is 0 Å². The smallest absolute Gasteiger partial charge is 0.0279 e. The normalized spacial score (nSPS) is 10.6. The summed E-state index contributed by atoms with van der Waals surface area (Å²) in [5.74, 6) is 0. The standard InChI is InChI=1S/C19H30/c1-3-5-7-9-11-13-19-16-14-18(15-17-19)12-10-8-6-4-2/h3,14-17H,1,4-13H2,2H3. The SMILES string of the molecule is C=CCCCCCc1ccc(CCCCCC)cc1. The van der Waals surface area contributed by atoms with Gasteiger partial charge in [0.25, 0.3) is 0 Å². The molecule has 0 aromatic heterocycles. The van der Waals surface area contributed by atoms with Crippen molar-refractivity contribution >= 4 is 0 Å². The predicted octanol–water partition coefficient (Wildman–Crippen LogP) is 6.10. The summed E-state index contributed by atoms with van der Waals surface area (Å²) in [6, 6.07) is 9.29. The maximum absolute atomic E-state index is 3.76. The van der Waals surface area contributed by atoms with Crippen molar-refractivity contribution in [2.75, 3.05) is 0 Å². The van der Waals surface area contributed by atoms with Crippen LogP contribution in [0.15, 0.2) is 36.9 Å². The molecule has 0 aliphatic rings. The molecule has 0 fully saturated rings. The molecule has 0 atom stereocenters. The van der Waals surface area contributed by atoms with Crippen LogP contribution in [0.25, 0.3) is 0 Å². The molecule has 0 aliphatic heterocycles. The van der Waals surface area contributed by atoms with Crippen molar-refractivity contribution < 1.29 is 0 Å². The molecule has 0 nitrogen and oxygen atoms in total. The molecule has 0 N–H and O–H groups in total. The molecule has 0 unspecified atom stereocenters. The van der Waals surface area contributed by atoms with E-state index >= 15 is 0 Å². The van der Waals surface area contributed by atoms with Gasteiger partial charge in [-0.2, -0.15) is 0 Å². The molecule has 0 aliphatic carbocycles. The van der Waals surface area contributed by atoms with Crippen LogP contribution in [0.5, 0.6) is 0 Å². The first-order valence-electron chi connectivity index (χ1n) is 8.05. The van der Waals surface area contributed by atoms with Crippen LogP contribution < -0.4 is 0 Å². The maximum Gasteiger partial charge on any atom is -0.0279 e. The van der Waals surface area contributed by atoms with Gasteiger partial charge in [-0.1, -0.05) is 62.9 Å². The minimum absolute atomic E-state index is 1.16. The Kier molecular flexibility index (Phi) is 9.14. The van der Waals surface area contributed by atoms with Gasteiger partial charge in [-0.05, 0) is 49.7 Å². The van der Waals surface area contributed by atoms with Crippen LogP contribution in [0.1, 0.15) is 69.4 Å². The lowest BCUT2D eigenvalue weighted by molar-refractivity contribution is 0.666. The zero-order valence-corrected chi connectivity index (χ0v) is 12.7. The number of unbranched alkanes of at least 4 members (excludes halogenated alkanes) is 6. The quantitative estimate of drug-likeness (QED) is 0.332. The van der Waals surface area contributed by atoms with Gasteiger partial charge in [-0.15, -0.1) is 6.58 Å². The van der Waals surface area contributed by atoms with E-state index in [9.17, 15) is 0 Å². The molecule has 1 aromatic rings. The number of rotatable bonds is 11. The summed E-state index contributed by atoms with van der Waals surface area (Å²) in [6.45, 7) is 6.03. The fourth-order valence-electron chi connectivity index (χ4n) is 2.42. The van der Waals surface area contributed by atoms with Gasteiger partial charge in [-0.25, -0.2) is 0 Å². The van der Waals surface area contributed by atoms with E-state index in [4.69, 9.17) is 0 Å². The van der Waals surface area contributed by atoms with Gasteiger partial charge in [0.1, 0.15) is 0 Å². The first kappa shape index (κ1) is 16.0. The van der Waals surface area contributed by atoms with Gasteiger partial charge >= 0.3 is 0 Å². The Labute approximate surface area is 119 Å². The molecule has 0 heteroatoms. The van der Waals surface area contributed by atoms with Gasteiger partial charge in [-0.3, -0.25) is 0 Å². The zero-order valence-electron chi connectivity index (χ0n) is 12.7. The molecule has 19 heavy (non-hydrogen) atoms. The van der Waals surface area contributed by atoms with E-state index in [1.165, 1.54) is 68.9 Å². The number of aryl methyl sites for hydroxylation is 2. The van der Waals surface area contributed by atoms with Gasteiger partial charge in [0.05, 0.1) is 0 Å². The minimum atomic E-state index is 1.16. The van der Waals surface area contributed by atoms with Crippen molar-refractivity contribution in [3.8, 4) is 0 Å². The molecule has 106 valence electrons. The van der Waals surface area contributed by atoms with Crippen molar-refractivity contribution in [1.82, 2.24) is 0 Å².